The van der Waals surface area contributed by atoms with Gasteiger partial charge in [0.1, 0.15) is 5.83 Å². The van der Waals surface area contributed by atoms with Crippen molar-refractivity contribution in [3.05, 3.63) is 99.9 Å². The number of hydroxylamine groups is 2. The second-order valence-corrected chi connectivity index (χ2v) is 6.81. The SMILES string of the molecule is CN(C)OC1=C(/C=C(\F)C=C2C(=O)c3ccccc3C2=O)C(=O)c2ccccc21. The quantitative estimate of drug-likeness (QED) is 0.450. The summed E-state index contributed by atoms with van der Waals surface area (Å²) in [6.07, 6.45) is 1.87. The molecule has 144 valence electrons. The summed E-state index contributed by atoms with van der Waals surface area (Å²) in [5.74, 6) is -2.12. The van der Waals surface area contributed by atoms with Crippen molar-refractivity contribution in [1.29, 1.82) is 0 Å². The van der Waals surface area contributed by atoms with Gasteiger partial charge in [-0.25, -0.2) is 4.39 Å². The van der Waals surface area contributed by atoms with Crippen molar-refractivity contribution in [1.82, 2.24) is 5.06 Å². The largest absolute Gasteiger partial charge is 0.405 e. The Kier molecular flexibility index (Phi) is 4.56. The Labute approximate surface area is 166 Å². The predicted octanol–water partition coefficient (Wildman–Crippen LogP) is 3.95. The summed E-state index contributed by atoms with van der Waals surface area (Å²) in [6.45, 7) is 0. The van der Waals surface area contributed by atoms with Crippen molar-refractivity contribution >= 4 is 23.1 Å². The molecule has 0 N–H and O–H groups in total. The van der Waals surface area contributed by atoms with E-state index in [1.54, 1.807) is 50.5 Å². The number of nitrogens with zero attached hydrogens (tertiary/aromatic N) is 1. The van der Waals surface area contributed by atoms with Crippen molar-refractivity contribution in [2.45, 2.75) is 0 Å². The summed E-state index contributed by atoms with van der Waals surface area (Å²) in [7, 11) is 3.29. The molecule has 5 nitrogen and oxygen atoms in total. The lowest BCUT2D eigenvalue weighted by Crippen LogP contribution is -2.11. The van der Waals surface area contributed by atoms with Gasteiger partial charge in [0.2, 0.25) is 0 Å². The fourth-order valence-electron chi connectivity index (χ4n) is 3.41. The van der Waals surface area contributed by atoms with Crippen LogP contribution in [0.2, 0.25) is 0 Å². The molecule has 2 aromatic rings. The molecule has 0 saturated carbocycles. The summed E-state index contributed by atoms with van der Waals surface area (Å²) >= 11 is 0. The van der Waals surface area contributed by atoms with Crippen molar-refractivity contribution in [3.63, 3.8) is 0 Å². The third kappa shape index (κ3) is 3.13. The maximum Gasteiger partial charge on any atom is 0.197 e. The first-order valence-electron chi connectivity index (χ1n) is 8.89. The maximum absolute atomic E-state index is 14.8. The van der Waals surface area contributed by atoms with Crippen LogP contribution in [0.4, 0.5) is 4.39 Å². The molecular weight excluding hydrogens is 373 g/mol. The Morgan fingerprint density at radius 3 is 1.83 bits per heavy atom. The second-order valence-electron chi connectivity index (χ2n) is 6.81. The van der Waals surface area contributed by atoms with Crippen LogP contribution in [0, 0.1) is 0 Å². The highest BCUT2D eigenvalue weighted by Gasteiger charge is 2.34. The highest BCUT2D eigenvalue weighted by atomic mass is 19.1. The van der Waals surface area contributed by atoms with Crippen molar-refractivity contribution in [2.24, 2.45) is 0 Å². The summed E-state index contributed by atoms with van der Waals surface area (Å²) in [4.78, 5) is 43.2. The number of carbonyl (C=O) groups excluding carboxylic acids is 3. The van der Waals surface area contributed by atoms with Crippen LogP contribution in [0.5, 0.6) is 0 Å². The van der Waals surface area contributed by atoms with E-state index in [2.05, 4.69) is 0 Å². The van der Waals surface area contributed by atoms with Crippen LogP contribution in [-0.2, 0) is 4.84 Å². The zero-order valence-corrected chi connectivity index (χ0v) is 15.7. The van der Waals surface area contributed by atoms with Crippen molar-refractivity contribution < 1.29 is 23.6 Å². The molecule has 0 bridgehead atoms. The number of benzene rings is 2. The van der Waals surface area contributed by atoms with Crippen LogP contribution in [0.1, 0.15) is 36.6 Å². The van der Waals surface area contributed by atoms with Gasteiger partial charge in [0, 0.05) is 36.3 Å². The third-order valence-corrected chi connectivity index (χ3v) is 4.65. The van der Waals surface area contributed by atoms with Crippen LogP contribution >= 0.6 is 0 Å². The minimum Gasteiger partial charge on any atom is -0.405 e. The first-order chi connectivity index (χ1) is 13.9. The zero-order valence-electron chi connectivity index (χ0n) is 15.7. The number of fused-ring (bicyclic) bond motifs is 2. The van der Waals surface area contributed by atoms with Gasteiger partial charge in [0.05, 0.1) is 11.1 Å². The standard InChI is InChI=1S/C23H16FNO4/c1-25(2)29-23-17-10-6-5-9-16(17)22(28)19(23)12-13(24)11-18-20(26)14-7-3-4-8-15(14)21(18)27/h3-12H,1-2H3/b13-12-. The molecule has 0 aliphatic heterocycles. The fourth-order valence-corrected chi connectivity index (χ4v) is 3.41. The summed E-state index contributed by atoms with van der Waals surface area (Å²) in [5, 5.41) is 1.40. The molecule has 0 fully saturated rings. The van der Waals surface area contributed by atoms with Gasteiger partial charge in [-0.1, -0.05) is 48.5 Å². The molecule has 0 heterocycles. The molecule has 0 amide bonds. The van der Waals surface area contributed by atoms with E-state index in [9.17, 15) is 18.8 Å². The molecule has 0 saturated heterocycles. The van der Waals surface area contributed by atoms with Gasteiger partial charge < -0.3 is 4.84 Å². The van der Waals surface area contributed by atoms with E-state index < -0.39 is 23.2 Å². The number of allylic oxidation sites excluding steroid dienone is 5. The Balaban J connectivity index is 1.76. The van der Waals surface area contributed by atoms with Gasteiger partial charge in [0.25, 0.3) is 0 Å². The van der Waals surface area contributed by atoms with Crippen LogP contribution in [0.3, 0.4) is 0 Å². The van der Waals surface area contributed by atoms with Gasteiger partial charge in [-0.05, 0) is 12.2 Å². The molecule has 29 heavy (non-hydrogen) atoms. The third-order valence-electron chi connectivity index (χ3n) is 4.65. The Bertz CT molecular complexity index is 1130. The van der Waals surface area contributed by atoms with Crippen LogP contribution in [0.25, 0.3) is 5.76 Å². The normalized spacial score (nSPS) is 15.9. The van der Waals surface area contributed by atoms with E-state index in [1.165, 1.54) is 17.2 Å². The average molecular weight is 389 g/mol. The monoisotopic (exact) mass is 389 g/mol. The van der Waals surface area contributed by atoms with Gasteiger partial charge in [0.15, 0.2) is 23.1 Å². The lowest BCUT2D eigenvalue weighted by atomic mass is 10.1. The fraction of sp³-hybridized carbons (Fsp3) is 0.0870. The number of carbonyl (C=O) groups is 3. The summed E-state index contributed by atoms with van der Waals surface area (Å²) in [6, 6.07) is 13.2. The molecule has 4 rings (SSSR count). The number of ketones is 3. The van der Waals surface area contributed by atoms with E-state index in [-0.39, 0.29) is 28.0 Å². The van der Waals surface area contributed by atoms with Gasteiger partial charge in [-0.2, -0.15) is 5.06 Å². The lowest BCUT2D eigenvalue weighted by molar-refractivity contribution is -0.0360. The molecule has 2 aromatic carbocycles. The van der Waals surface area contributed by atoms with Gasteiger partial charge in [-0.15, -0.1) is 0 Å². The average Bonchev–Trinajstić information content (AvgIpc) is 3.09. The molecule has 0 aromatic heterocycles. The topological polar surface area (TPSA) is 63.7 Å². The first-order valence-corrected chi connectivity index (χ1v) is 8.89. The summed E-state index contributed by atoms with van der Waals surface area (Å²) in [5.41, 5.74) is 1.20. The highest BCUT2D eigenvalue weighted by Crippen LogP contribution is 2.35. The van der Waals surface area contributed by atoms with Crippen LogP contribution in [0.15, 0.2) is 77.7 Å². The first kappa shape index (κ1) is 18.7. The predicted molar refractivity (Wildman–Crippen MR) is 105 cm³/mol. The molecule has 0 spiro atoms. The molecular formula is C23H16FNO4. The van der Waals surface area contributed by atoms with Crippen LogP contribution < -0.4 is 0 Å². The number of hydrogen-bond acceptors (Lipinski definition) is 5. The van der Waals surface area contributed by atoms with Gasteiger partial charge in [-0.3, -0.25) is 14.4 Å². The van der Waals surface area contributed by atoms with Crippen molar-refractivity contribution in [3.8, 4) is 0 Å². The molecule has 2 aliphatic rings. The molecule has 0 radical (unpaired) electrons. The molecule has 0 unspecified atom stereocenters. The van der Waals surface area contributed by atoms with E-state index in [1.807, 2.05) is 0 Å². The lowest BCUT2D eigenvalue weighted by Gasteiger charge is -2.14. The number of rotatable bonds is 4. The summed E-state index contributed by atoms with van der Waals surface area (Å²) < 4.78 is 14.8. The van der Waals surface area contributed by atoms with E-state index in [0.717, 1.165) is 12.2 Å². The minimum absolute atomic E-state index is 0.0182. The number of Topliss-reactive ketones (excluding diaryl/α,β-unsaturated/α-hetero) is 3. The zero-order chi connectivity index (χ0) is 20.7. The minimum atomic E-state index is -0.884. The second kappa shape index (κ2) is 7.07. The highest BCUT2D eigenvalue weighted by molar-refractivity contribution is 6.39. The molecule has 6 heteroatoms. The smallest absolute Gasteiger partial charge is 0.197 e. The number of hydrogen-bond donors (Lipinski definition) is 0. The Hall–Kier alpha value is -3.64. The van der Waals surface area contributed by atoms with E-state index >= 15 is 0 Å². The molecule has 0 atom stereocenters. The van der Waals surface area contributed by atoms with Crippen LogP contribution in [-0.4, -0.2) is 36.5 Å². The van der Waals surface area contributed by atoms with E-state index in [0.29, 0.717) is 11.1 Å². The Morgan fingerprint density at radius 2 is 1.31 bits per heavy atom. The number of halogens is 1. The molecule has 2 aliphatic carbocycles. The van der Waals surface area contributed by atoms with Gasteiger partial charge >= 0.3 is 0 Å². The Morgan fingerprint density at radius 1 is 0.828 bits per heavy atom. The maximum atomic E-state index is 14.8. The van der Waals surface area contributed by atoms with Crippen molar-refractivity contribution in [2.75, 3.05) is 14.1 Å². The van der Waals surface area contributed by atoms with E-state index in [4.69, 9.17) is 4.84 Å².